The first-order chi connectivity index (χ1) is 7.85. The third-order valence-electron chi connectivity index (χ3n) is 2.67. The molecule has 1 aliphatic heterocycles. The Morgan fingerprint density at radius 3 is 3.19 bits per heavy atom. The summed E-state index contributed by atoms with van der Waals surface area (Å²) in [6.07, 6.45) is 1.43. The molecule has 1 unspecified atom stereocenters. The van der Waals surface area contributed by atoms with Gasteiger partial charge in [-0.2, -0.15) is 0 Å². The van der Waals surface area contributed by atoms with Crippen molar-refractivity contribution in [3.8, 4) is 0 Å². The molecule has 1 heterocycles. The van der Waals surface area contributed by atoms with E-state index in [-0.39, 0.29) is 0 Å². The minimum absolute atomic E-state index is 0.417. The van der Waals surface area contributed by atoms with Gasteiger partial charge in [0, 0.05) is 17.6 Å². The summed E-state index contributed by atoms with van der Waals surface area (Å²) in [5.41, 5.74) is 2.33. The number of rotatable bonds is 4. The first-order valence-corrected chi connectivity index (χ1v) is 6.46. The molecule has 0 spiro atoms. The number of anilines is 1. The Morgan fingerprint density at radius 2 is 2.44 bits per heavy atom. The molecule has 1 atom stereocenters. The maximum atomic E-state index is 10.8. The molecule has 0 saturated carbocycles. The van der Waals surface area contributed by atoms with E-state index in [1.165, 1.54) is 5.56 Å². The SMILES string of the molecule is O=CC1OCCN1c1cccc(CCBr)c1. The molecule has 0 radical (unpaired) electrons. The van der Waals surface area contributed by atoms with Crippen LogP contribution in [0.3, 0.4) is 0 Å². The first-order valence-electron chi connectivity index (χ1n) is 5.33. The molecule has 3 nitrogen and oxygen atoms in total. The lowest BCUT2D eigenvalue weighted by Crippen LogP contribution is -2.31. The van der Waals surface area contributed by atoms with Gasteiger partial charge in [0.15, 0.2) is 12.5 Å². The highest BCUT2D eigenvalue weighted by atomic mass is 79.9. The summed E-state index contributed by atoms with van der Waals surface area (Å²) < 4.78 is 5.32. The monoisotopic (exact) mass is 283 g/mol. The van der Waals surface area contributed by atoms with E-state index in [9.17, 15) is 4.79 Å². The van der Waals surface area contributed by atoms with Crippen LogP contribution in [0.4, 0.5) is 5.69 Å². The number of aryl methyl sites for hydroxylation is 1. The average molecular weight is 284 g/mol. The summed E-state index contributed by atoms with van der Waals surface area (Å²) in [6.45, 7) is 1.40. The van der Waals surface area contributed by atoms with Crippen LogP contribution in [0.5, 0.6) is 0 Å². The molecular weight excluding hydrogens is 270 g/mol. The van der Waals surface area contributed by atoms with Crippen LogP contribution in [-0.4, -0.2) is 31.0 Å². The number of carbonyl (C=O) groups is 1. The van der Waals surface area contributed by atoms with Gasteiger partial charge in [-0.05, 0) is 24.1 Å². The van der Waals surface area contributed by atoms with Crippen molar-refractivity contribution in [2.24, 2.45) is 0 Å². The lowest BCUT2D eigenvalue weighted by Gasteiger charge is -2.21. The first kappa shape index (κ1) is 11.6. The normalized spacial score (nSPS) is 20.1. The van der Waals surface area contributed by atoms with Gasteiger partial charge in [-0.1, -0.05) is 28.1 Å². The zero-order chi connectivity index (χ0) is 11.4. The summed E-state index contributed by atoms with van der Waals surface area (Å²) in [5, 5.41) is 0.948. The zero-order valence-corrected chi connectivity index (χ0v) is 10.5. The number of halogens is 1. The number of ether oxygens (including phenoxy) is 1. The molecule has 86 valence electrons. The largest absolute Gasteiger partial charge is 0.349 e. The molecule has 4 heteroatoms. The molecular formula is C12H14BrNO2. The van der Waals surface area contributed by atoms with Crippen LogP contribution >= 0.6 is 15.9 Å². The third-order valence-corrected chi connectivity index (χ3v) is 3.07. The van der Waals surface area contributed by atoms with Gasteiger partial charge in [-0.15, -0.1) is 0 Å². The fraction of sp³-hybridized carbons (Fsp3) is 0.417. The molecule has 1 aliphatic rings. The Kier molecular flexibility index (Phi) is 3.96. The van der Waals surface area contributed by atoms with Crippen LogP contribution in [0.15, 0.2) is 24.3 Å². The summed E-state index contributed by atoms with van der Waals surface area (Å²) in [6, 6.07) is 8.25. The van der Waals surface area contributed by atoms with E-state index in [2.05, 4.69) is 28.1 Å². The standard InChI is InChI=1S/C12H14BrNO2/c13-5-4-10-2-1-3-11(8-10)14-6-7-16-12(14)9-15/h1-3,8-9,12H,4-7H2. The van der Waals surface area contributed by atoms with Gasteiger partial charge in [-0.3, -0.25) is 4.79 Å². The number of hydrogen-bond donors (Lipinski definition) is 0. The van der Waals surface area contributed by atoms with Crippen LogP contribution in [0.2, 0.25) is 0 Å². The van der Waals surface area contributed by atoms with Gasteiger partial charge in [0.1, 0.15) is 0 Å². The van der Waals surface area contributed by atoms with Crippen LogP contribution in [0, 0.1) is 0 Å². The smallest absolute Gasteiger partial charge is 0.186 e. The number of alkyl halides is 1. The average Bonchev–Trinajstić information content (AvgIpc) is 2.78. The van der Waals surface area contributed by atoms with E-state index < -0.39 is 6.23 Å². The lowest BCUT2D eigenvalue weighted by atomic mass is 10.1. The number of carbonyl (C=O) groups excluding carboxylic acids is 1. The van der Waals surface area contributed by atoms with E-state index in [4.69, 9.17) is 4.74 Å². The minimum Gasteiger partial charge on any atom is -0.349 e. The van der Waals surface area contributed by atoms with Crippen molar-refractivity contribution >= 4 is 27.9 Å². The summed E-state index contributed by atoms with van der Waals surface area (Å²) >= 11 is 3.43. The summed E-state index contributed by atoms with van der Waals surface area (Å²) in [7, 11) is 0. The molecule has 0 aromatic heterocycles. The third kappa shape index (κ3) is 2.44. The Bertz CT molecular complexity index is 370. The molecule has 1 aromatic rings. The Balaban J connectivity index is 2.19. The van der Waals surface area contributed by atoms with Crippen molar-refractivity contribution in [3.05, 3.63) is 29.8 Å². The topological polar surface area (TPSA) is 29.5 Å². The van der Waals surface area contributed by atoms with Crippen molar-refractivity contribution < 1.29 is 9.53 Å². The number of nitrogens with zero attached hydrogens (tertiary/aromatic N) is 1. The fourth-order valence-corrected chi connectivity index (χ4v) is 2.34. The molecule has 0 amide bonds. The van der Waals surface area contributed by atoms with Crippen LogP contribution in [-0.2, 0) is 16.0 Å². The van der Waals surface area contributed by atoms with Gasteiger partial charge in [0.25, 0.3) is 0 Å². The van der Waals surface area contributed by atoms with Crippen LogP contribution < -0.4 is 4.90 Å². The van der Waals surface area contributed by atoms with Crippen molar-refractivity contribution in [1.29, 1.82) is 0 Å². The van der Waals surface area contributed by atoms with E-state index in [1.54, 1.807) is 0 Å². The van der Waals surface area contributed by atoms with Gasteiger partial charge in [0.05, 0.1) is 6.61 Å². The van der Waals surface area contributed by atoms with Gasteiger partial charge in [-0.25, -0.2) is 0 Å². The maximum absolute atomic E-state index is 10.8. The number of benzene rings is 1. The van der Waals surface area contributed by atoms with E-state index in [0.29, 0.717) is 6.61 Å². The highest BCUT2D eigenvalue weighted by molar-refractivity contribution is 9.09. The van der Waals surface area contributed by atoms with Crippen molar-refractivity contribution in [1.82, 2.24) is 0 Å². The predicted octanol–water partition coefficient (Wildman–Crippen LogP) is 1.99. The molecule has 1 aromatic carbocycles. The van der Waals surface area contributed by atoms with Gasteiger partial charge in [0.2, 0.25) is 0 Å². The van der Waals surface area contributed by atoms with Gasteiger partial charge < -0.3 is 9.64 Å². The second-order valence-electron chi connectivity index (χ2n) is 3.70. The molecule has 16 heavy (non-hydrogen) atoms. The highest BCUT2D eigenvalue weighted by Gasteiger charge is 2.24. The molecule has 0 bridgehead atoms. The Labute approximate surface area is 104 Å². The second-order valence-corrected chi connectivity index (χ2v) is 4.49. The van der Waals surface area contributed by atoms with Crippen LogP contribution in [0.1, 0.15) is 5.56 Å². The molecule has 1 fully saturated rings. The van der Waals surface area contributed by atoms with Gasteiger partial charge >= 0.3 is 0 Å². The van der Waals surface area contributed by atoms with Crippen molar-refractivity contribution in [2.75, 3.05) is 23.4 Å². The quantitative estimate of drug-likeness (QED) is 0.625. The molecule has 2 rings (SSSR count). The second kappa shape index (κ2) is 5.46. The summed E-state index contributed by atoms with van der Waals surface area (Å²) in [5.74, 6) is 0. The Hall–Kier alpha value is -0.870. The lowest BCUT2D eigenvalue weighted by molar-refractivity contribution is -0.115. The highest BCUT2D eigenvalue weighted by Crippen LogP contribution is 2.22. The maximum Gasteiger partial charge on any atom is 0.186 e. The van der Waals surface area contributed by atoms with Crippen molar-refractivity contribution in [3.63, 3.8) is 0 Å². The fourth-order valence-electron chi connectivity index (χ4n) is 1.88. The summed E-state index contributed by atoms with van der Waals surface area (Å²) in [4.78, 5) is 12.8. The zero-order valence-electron chi connectivity index (χ0n) is 8.93. The van der Waals surface area contributed by atoms with E-state index in [0.717, 1.165) is 30.3 Å². The van der Waals surface area contributed by atoms with E-state index in [1.807, 2.05) is 17.0 Å². The number of aldehydes is 1. The predicted molar refractivity (Wildman–Crippen MR) is 67.1 cm³/mol. The van der Waals surface area contributed by atoms with Crippen LogP contribution in [0.25, 0.3) is 0 Å². The molecule has 1 saturated heterocycles. The Morgan fingerprint density at radius 1 is 1.56 bits per heavy atom. The van der Waals surface area contributed by atoms with Crippen molar-refractivity contribution in [2.45, 2.75) is 12.6 Å². The molecule has 0 N–H and O–H groups in total. The minimum atomic E-state index is -0.417. The van der Waals surface area contributed by atoms with E-state index >= 15 is 0 Å². The molecule has 0 aliphatic carbocycles. The number of hydrogen-bond acceptors (Lipinski definition) is 3.